The SMILES string of the molecule is C=CCc1ccc(OCc2cc(-c3ccccc3)on2)c(OC)c1. The Kier molecular flexibility index (Phi) is 4.96. The summed E-state index contributed by atoms with van der Waals surface area (Å²) in [5.41, 5.74) is 2.84. The highest BCUT2D eigenvalue weighted by molar-refractivity contribution is 5.56. The van der Waals surface area contributed by atoms with Gasteiger partial charge >= 0.3 is 0 Å². The van der Waals surface area contributed by atoms with Crippen LogP contribution >= 0.6 is 0 Å². The third-order valence-electron chi connectivity index (χ3n) is 3.60. The molecule has 0 unspecified atom stereocenters. The van der Waals surface area contributed by atoms with Gasteiger partial charge in [0.15, 0.2) is 17.3 Å². The highest BCUT2D eigenvalue weighted by atomic mass is 16.5. The Labute approximate surface area is 141 Å². The van der Waals surface area contributed by atoms with E-state index in [4.69, 9.17) is 14.0 Å². The van der Waals surface area contributed by atoms with E-state index in [-0.39, 0.29) is 0 Å². The largest absolute Gasteiger partial charge is 0.493 e. The van der Waals surface area contributed by atoms with Crippen LogP contribution in [0.25, 0.3) is 11.3 Å². The number of aromatic nitrogens is 1. The molecule has 24 heavy (non-hydrogen) atoms. The van der Waals surface area contributed by atoms with Crippen LogP contribution in [0, 0.1) is 0 Å². The first-order chi connectivity index (χ1) is 11.8. The van der Waals surface area contributed by atoms with Crippen molar-refractivity contribution < 1.29 is 14.0 Å². The maximum absolute atomic E-state index is 5.82. The molecule has 1 aromatic heterocycles. The van der Waals surface area contributed by atoms with Gasteiger partial charge in [0.2, 0.25) is 0 Å². The summed E-state index contributed by atoms with van der Waals surface area (Å²) in [5, 5.41) is 4.06. The van der Waals surface area contributed by atoms with Crippen molar-refractivity contribution in [3.63, 3.8) is 0 Å². The third-order valence-corrected chi connectivity index (χ3v) is 3.60. The zero-order chi connectivity index (χ0) is 16.8. The normalized spacial score (nSPS) is 10.4. The Bertz CT molecular complexity index is 809. The number of hydrogen-bond donors (Lipinski definition) is 0. The van der Waals surface area contributed by atoms with Gasteiger partial charge in [-0.05, 0) is 24.1 Å². The predicted molar refractivity (Wildman–Crippen MR) is 93.2 cm³/mol. The van der Waals surface area contributed by atoms with Gasteiger partial charge < -0.3 is 14.0 Å². The van der Waals surface area contributed by atoms with Gasteiger partial charge in [0, 0.05) is 11.6 Å². The Morgan fingerprint density at radius 2 is 1.92 bits per heavy atom. The van der Waals surface area contributed by atoms with Gasteiger partial charge in [0.05, 0.1) is 7.11 Å². The number of rotatable bonds is 7. The monoisotopic (exact) mass is 321 g/mol. The van der Waals surface area contributed by atoms with Crippen molar-refractivity contribution in [1.29, 1.82) is 0 Å². The first kappa shape index (κ1) is 15.9. The summed E-state index contributed by atoms with van der Waals surface area (Å²) in [6.07, 6.45) is 2.65. The van der Waals surface area contributed by atoms with Crippen LogP contribution < -0.4 is 9.47 Å². The second-order valence-corrected chi connectivity index (χ2v) is 5.32. The van der Waals surface area contributed by atoms with Crippen LogP contribution in [0.4, 0.5) is 0 Å². The number of benzene rings is 2. The molecule has 0 aliphatic carbocycles. The van der Waals surface area contributed by atoms with Crippen molar-refractivity contribution in [1.82, 2.24) is 5.16 Å². The van der Waals surface area contributed by atoms with E-state index in [9.17, 15) is 0 Å². The van der Waals surface area contributed by atoms with Crippen molar-refractivity contribution in [2.24, 2.45) is 0 Å². The van der Waals surface area contributed by atoms with E-state index in [1.54, 1.807) is 7.11 Å². The summed E-state index contributed by atoms with van der Waals surface area (Å²) in [5.74, 6) is 2.10. The molecule has 0 radical (unpaired) electrons. The van der Waals surface area contributed by atoms with Gasteiger partial charge in [0.25, 0.3) is 0 Å². The second kappa shape index (κ2) is 7.51. The molecule has 0 aliphatic rings. The Morgan fingerprint density at radius 1 is 1.08 bits per heavy atom. The Hall–Kier alpha value is -3.01. The molecule has 0 amide bonds. The second-order valence-electron chi connectivity index (χ2n) is 5.32. The minimum absolute atomic E-state index is 0.313. The lowest BCUT2D eigenvalue weighted by Gasteiger charge is -2.10. The van der Waals surface area contributed by atoms with Gasteiger partial charge in [-0.2, -0.15) is 0 Å². The number of methoxy groups -OCH3 is 1. The van der Waals surface area contributed by atoms with E-state index in [1.807, 2.05) is 60.7 Å². The molecule has 0 atom stereocenters. The van der Waals surface area contributed by atoms with Crippen LogP contribution in [0.2, 0.25) is 0 Å². The lowest BCUT2D eigenvalue weighted by atomic mass is 10.1. The molecule has 3 aromatic rings. The summed E-state index contributed by atoms with van der Waals surface area (Å²) in [6, 6.07) is 17.6. The fourth-order valence-electron chi connectivity index (χ4n) is 2.39. The molecule has 4 heteroatoms. The van der Waals surface area contributed by atoms with Crippen LogP contribution in [0.15, 0.2) is 71.8 Å². The van der Waals surface area contributed by atoms with E-state index in [1.165, 1.54) is 0 Å². The fraction of sp³-hybridized carbons (Fsp3) is 0.150. The molecular weight excluding hydrogens is 302 g/mol. The lowest BCUT2D eigenvalue weighted by molar-refractivity contribution is 0.272. The summed E-state index contributed by atoms with van der Waals surface area (Å²) in [6.45, 7) is 4.06. The molecule has 122 valence electrons. The standard InChI is InChI=1S/C20H19NO3/c1-3-7-15-10-11-18(20(12-15)22-2)23-14-17-13-19(24-21-17)16-8-5-4-6-9-16/h3-6,8-13H,1,7,14H2,2H3. The van der Waals surface area contributed by atoms with Crippen LogP contribution in [0.1, 0.15) is 11.3 Å². The summed E-state index contributed by atoms with van der Waals surface area (Å²) >= 11 is 0. The lowest BCUT2D eigenvalue weighted by Crippen LogP contribution is -1.98. The average molecular weight is 321 g/mol. The fourth-order valence-corrected chi connectivity index (χ4v) is 2.39. The van der Waals surface area contributed by atoms with Crippen molar-refractivity contribution in [2.45, 2.75) is 13.0 Å². The highest BCUT2D eigenvalue weighted by Crippen LogP contribution is 2.29. The van der Waals surface area contributed by atoms with Gasteiger partial charge in [-0.15, -0.1) is 6.58 Å². The molecule has 0 spiro atoms. The molecular formula is C20H19NO3. The number of allylic oxidation sites excluding steroid dienone is 1. The molecule has 0 saturated heterocycles. The van der Waals surface area contributed by atoms with Crippen molar-refractivity contribution in [2.75, 3.05) is 7.11 Å². The number of ether oxygens (including phenoxy) is 2. The molecule has 0 saturated carbocycles. The smallest absolute Gasteiger partial charge is 0.167 e. The Balaban J connectivity index is 1.70. The minimum Gasteiger partial charge on any atom is -0.493 e. The van der Waals surface area contributed by atoms with E-state index < -0.39 is 0 Å². The van der Waals surface area contributed by atoms with E-state index >= 15 is 0 Å². The number of nitrogens with zero attached hydrogens (tertiary/aromatic N) is 1. The van der Waals surface area contributed by atoms with E-state index in [0.717, 1.165) is 29.0 Å². The highest BCUT2D eigenvalue weighted by Gasteiger charge is 2.09. The maximum atomic E-state index is 5.82. The summed E-state index contributed by atoms with van der Waals surface area (Å²) in [4.78, 5) is 0. The topological polar surface area (TPSA) is 44.5 Å². The molecule has 0 aliphatic heterocycles. The van der Waals surface area contributed by atoms with Crippen molar-refractivity contribution in [3.8, 4) is 22.8 Å². The first-order valence-electron chi connectivity index (χ1n) is 7.72. The molecule has 2 aromatic carbocycles. The summed E-state index contributed by atoms with van der Waals surface area (Å²) < 4.78 is 16.6. The first-order valence-corrected chi connectivity index (χ1v) is 7.72. The molecule has 1 heterocycles. The zero-order valence-corrected chi connectivity index (χ0v) is 13.6. The van der Waals surface area contributed by atoms with Crippen LogP contribution in [0.3, 0.4) is 0 Å². The quantitative estimate of drug-likeness (QED) is 0.594. The summed E-state index contributed by atoms with van der Waals surface area (Å²) in [7, 11) is 1.63. The van der Waals surface area contributed by atoms with Gasteiger partial charge in [-0.3, -0.25) is 0 Å². The average Bonchev–Trinajstić information content (AvgIpc) is 3.10. The Morgan fingerprint density at radius 3 is 2.67 bits per heavy atom. The van der Waals surface area contributed by atoms with Gasteiger partial charge in [-0.25, -0.2) is 0 Å². The van der Waals surface area contributed by atoms with Gasteiger partial charge in [0.1, 0.15) is 12.3 Å². The molecule has 0 fully saturated rings. The molecule has 0 bridgehead atoms. The van der Waals surface area contributed by atoms with Crippen LogP contribution in [-0.4, -0.2) is 12.3 Å². The minimum atomic E-state index is 0.313. The molecule has 3 rings (SSSR count). The van der Waals surface area contributed by atoms with Crippen LogP contribution in [-0.2, 0) is 13.0 Å². The van der Waals surface area contributed by atoms with Crippen LogP contribution in [0.5, 0.6) is 11.5 Å². The van der Waals surface area contributed by atoms with Crippen molar-refractivity contribution >= 4 is 0 Å². The third kappa shape index (κ3) is 3.66. The van der Waals surface area contributed by atoms with Crippen molar-refractivity contribution in [3.05, 3.63) is 78.5 Å². The van der Waals surface area contributed by atoms with E-state index in [0.29, 0.717) is 18.1 Å². The molecule has 4 nitrogen and oxygen atoms in total. The van der Waals surface area contributed by atoms with Gasteiger partial charge in [-0.1, -0.05) is 47.6 Å². The maximum Gasteiger partial charge on any atom is 0.167 e. The number of hydrogen-bond acceptors (Lipinski definition) is 4. The predicted octanol–water partition coefficient (Wildman–Crippen LogP) is 4.66. The zero-order valence-electron chi connectivity index (χ0n) is 13.6. The molecule has 0 N–H and O–H groups in total. The van der Waals surface area contributed by atoms with E-state index in [2.05, 4.69) is 11.7 Å².